The van der Waals surface area contributed by atoms with Crippen LogP contribution in [0.1, 0.15) is 17.2 Å². The van der Waals surface area contributed by atoms with Crippen molar-refractivity contribution < 1.29 is 5.11 Å². The predicted molar refractivity (Wildman–Crippen MR) is 74.6 cm³/mol. The highest BCUT2D eigenvalue weighted by Crippen LogP contribution is 2.22. The van der Waals surface area contributed by atoms with Gasteiger partial charge in [0, 0.05) is 11.6 Å². The molecule has 0 fully saturated rings. The molecule has 3 heteroatoms. The molecule has 0 amide bonds. The Labute approximate surface area is 112 Å². The molecule has 0 aromatic heterocycles. The van der Waals surface area contributed by atoms with Crippen molar-refractivity contribution in [1.29, 1.82) is 0 Å². The van der Waals surface area contributed by atoms with Crippen LogP contribution in [-0.2, 0) is 6.54 Å². The molecule has 0 spiro atoms. The summed E-state index contributed by atoms with van der Waals surface area (Å²) in [6.45, 7) is 0.730. The summed E-state index contributed by atoms with van der Waals surface area (Å²) in [5.74, 6) is 0. The molecule has 18 heavy (non-hydrogen) atoms. The summed E-state index contributed by atoms with van der Waals surface area (Å²) >= 11 is 6.13. The van der Waals surface area contributed by atoms with Crippen molar-refractivity contribution >= 4 is 11.6 Å². The molecule has 0 saturated heterocycles. The van der Waals surface area contributed by atoms with Gasteiger partial charge < -0.3 is 10.4 Å². The van der Waals surface area contributed by atoms with Crippen molar-refractivity contribution in [1.82, 2.24) is 5.32 Å². The Morgan fingerprint density at radius 2 is 1.67 bits per heavy atom. The molecule has 0 saturated carbocycles. The van der Waals surface area contributed by atoms with Gasteiger partial charge in [0.1, 0.15) is 0 Å². The highest BCUT2D eigenvalue weighted by Gasteiger charge is 2.12. The van der Waals surface area contributed by atoms with Crippen molar-refractivity contribution in [2.75, 3.05) is 6.61 Å². The average molecular weight is 262 g/mol. The summed E-state index contributed by atoms with van der Waals surface area (Å²) in [7, 11) is 0. The van der Waals surface area contributed by atoms with Gasteiger partial charge in [-0.15, -0.1) is 0 Å². The molecule has 2 rings (SSSR count). The Hall–Kier alpha value is -1.35. The summed E-state index contributed by atoms with van der Waals surface area (Å²) in [4.78, 5) is 0. The number of rotatable bonds is 5. The minimum atomic E-state index is -0.140. The molecule has 2 nitrogen and oxygen atoms in total. The zero-order valence-electron chi connectivity index (χ0n) is 10.0. The lowest BCUT2D eigenvalue weighted by atomic mass is 10.1. The Bertz CT molecular complexity index is 487. The molecule has 2 N–H and O–H groups in total. The summed E-state index contributed by atoms with van der Waals surface area (Å²) in [5.41, 5.74) is 2.11. The lowest BCUT2D eigenvalue weighted by Gasteiger charge is -2.18. The van der Waals surface area contributed by atoms with Gasteiger partial charge in [0.05, 0.1) is 12.6 Å². The molecular formula is C15H16ClNO. The number of aliphatic hydroxyl groups excluding tert-OH is 1. The second-order valence-electron chi connectivity index (χ2n) is 4.12. The Balaban J connectivity index is 2.04. The minimum Gasteiger partial charge on any atom is -0.394 e. The number of halogens is 1. The van der Waals surface area contributed by atoms with E-state index in [0.29, 0.717) is 11.6 Å². The maximum atomic E-state index is 9.46. The smallest absolute Gasteiger partial charge is 0.0627 e. The van der Waals surface area contributed by atoms with E-state index >= 15 is 0 Å². The van der Waals surface area contributed by atoms with E-state index in [1.165, 1.54) is 5.56 Å². The molecule has 94 valence electrons. The third kappa shape index (κ3) is 3.33. The Kier molecular flexibility index (Phi) is 4.76. The molecule has 2 aromatic rings. The zero-order valence-corrected chi connectivity index (χ0v) is 10.8. The quantitative estimate of drug-likeness (QED) is 0.867. The molecule has 0 aliphatic heterocycles. The van der Waals surface area contributed by atoms with Crippen LogP contribution < -0.4 is 5.32 Å². The molecule has 0 bridgehead atoms. The van der Waals surface area contributed by atoms with Crippen LogP contribution in [-0.4, -0.2) is 11.7 Å². The van der Waals surface area contributed by atoms with Gasteiger partial charge in [-0.3, -0.25) is 0 Å². The molecule has 0 aliphatic rings. The highest BCUT2D eigenvalue weighted by molar-refractivity contribution is 6.31. The van der Waals surface area contributed by atoms with Crippen LogP contribution in [0.4, 0.5) is 0 Å². The zero-order chi connectivity index (χ0) is 12.8. The van der Waals surface area contributed by atoms with E-state index in [4.69, 9.17) is 11.6 Å². The predicted octanol–water partition coefficient (Wildman–Crippen LogP) is 3.16. The van der Waals surface area contributed by atoms with Gasteiger partial charge in [0.25, 0.3) is 0 Å². The molecule has 0 aliphatic carbocycles. The standard InChI is InChI=1S/C15H16ClNO/c16-14-9-5-4-8-13(14)15(11-18)17-10-12-6-2-1-3-7-12/h1-9,15,17-18H,10-11H2. The second kappa shape index (κ2) is 6.55. The first-order chi connectivity index (χ1) is 8.81. The fourth-order valence-corrected chi connectivity index (χ4v) is 2.13. The molecule has 0 radical (unpaired) electrons. The fourth-order valence-electron chi connectivity index (χ4n) is 1.87. The maximum Gasteiger partial charge on any atom is 0.0627 e. The van der Waals surface area contributed by atoms with Gasteiger partial charge in [0.15, 0.2) is 0 Å². The van der Waals surface area contributed by atoms with Gasteiger partial charge in [-0.2, -0.15) is 0 Å². The average Bonchev–Trinajstić information content (AvgIpc) is 2.42. The summed E-state index contributed by atoms with van der Waals surface area (Å²) < 4.78 is 0. The molecule has 0 heterocycles. The van der Waals surface area contributed by atoms with E-state index < -0.39 is 0 Å². The van der Waals surface area contributed by atoms with Gasteiger partial charge in [-0.25, -0.2) is 0 Å². The van der Waals surface area contributed by atoms with Crippen LogP contribution in [0.25, 0.3) is 0 Å². The van der Waals surface area contributed by atoms with Gasteiger partial charge in [-0.1, -0.05) is 60.1 Å². The largest absolute Gasteiger partial charge is 0.394 e. The monoisotopic (exact) mass is 261 g/mol. The van der Waals surface area contributed by atoms with Crippen molar-refractivity contribution in [3.8, 4) is 0 Å². The second-order valence-corrected chi connectivity index (χ2v) is 4.53. The minimum absolute atomic E-state index is 0.0244. The normalized spacial score (nSPS) is 12.3. The van der Waals surface area contributed by atoms with Crippen LogP contribution in [0.5, 0.6) is 0 Å². The van der Waals surface area contributed by atoms with E-state index in [9.17, 15) is 5.11 Å². The molecular weight excluding hydrogens is 246 g/mol. The number of hydrogen-bond acceptors (Lipinski definition) is 2. The summed E-state index contributed by atoms with van der Waals surface area (Å²) in [6, 6.07) is 17.5. The Morgan fingerprint density at radius 3 is 2.33 bits per heavy atom. The number of nitrogens with one attached hydrogen (secondary N) is 1. The number of hydrogen-bond donors (Lipinski definition) is 2. The van der Waals surface area contributed by atoms with E-state index in [1.807, 2.05) is 54.6 Å². The van der Waals surface area contributed by atoms with Crippen molar-refractivity contribution in [3.05, 3.63) is 70.7 Å². The van der Waals surface area contributed by atoms with Crippen LogP contribution >= 0.6 is 11.6 Å². The highest BCUT2D eigenvalue weighted by atomic mass is 35.5. The van der Waals surface area contributed by atoms with Gasteiger partial charge >= 0.3 is 0 Å². The van der Waals surface area contributed by atoms with Crippen molar-refractivity contribution in [2.24, 2.45) is 0 Å². The summed E-state index contributed by atoms with van der Waals surface area (Å²) in [5, 5.41) is 13.4. The first-order valence-corrected chi connectivity index (χ1v) is 6.31. The first-order valence-electron chi connectivity index (χ1n) is 5.94. The summed E-state index contributed by atoms with van der Waals surface area (Å²) in [6.07, 6.45) is 0. The lowest BCUT2D eigenvalue weighted by molar-refractivity contribution is 0.243. The number of aliphatic hydroxyl groups is 1. The van der Waals surface area contributed by atoms with Crippen LogP contribution in [0.2, 0.25) is 5.02 Å². The molecule has 1 unspecified atom stereocenters. The van der Waals surface area contributed by atoms with E-state index in [1.54, 1.807) is 0 Å². The van der Waals surface area contributed by atoms with Crippen LogP contribution in [0.3, 0.4) is 0 Å². The molecule has 1 atom stereocenters. The van der Waals surface area contributed by atoms with Crippen LogP contribution in [0, 0.1) is 0 Å². The fraction of sp³-hybridized carbons (Fsp3) is 0.200. The van der Waals surface area contributed by atoms with Crippen LogP contribution in [0.15, 0.2) is 54.6 Å². The maximum absolute atomic E-state index is 9.46. The number of benzene rings is 2. The van der Waals surface area contributed by atoms with Crippen molar-refractivity contribution in [2.45, 2.75) is 12.6 Å². The molecule has 2 aromatic carbocycles. The first kappa shape index (κ1) is 13.1. The Morgan fingerprint density at radius 1 is 1.00 bits per heavy atom. The van der Waals surface area contributed by atoms with E-state index in [2.05, 4.69) is 5.32 Å². The van der Waals surface area contributed by atoms with Gasteiger partial charge in [-0.05, 0) is 17.2 Å². The van der Waals surface area contributed by atoms with Crippen molar-refractivity contribution in [3.63, 3.8) is 0 Å². The van der Waals surface area contributed by atoms with E-state index in [-0.39, 0.29) is 12.6 Å². The third-order valence-electron chi connectivity index (χ3n) is 2.86. The topological polar surface area (TPSA) is 32.3 Å². The lowest BCUT2D eigenvalue weighted by Crippen LogP contribution is -2.24. The third-order valence-corrected chi connectivity index (χ3v) is 3.20. The van der Waals surface area contributed by atoms with Gasteiger partial charge in [0.2, 0.25) is 0 Å². The van der Waals surface area contributed by atoms with E-state index in [0.717, 1.165) is 5.56 Å². The SMILES string of the molecule is OCC(NCc1ccccc1)c1ccccc1Cl.